The van der Waals surface area contributed by atoms with Crippen molar-refractivity contribution in [3.63, 3.8) is 0 Å². The first-order chi connectivity index (χ1) is 9.79. The molecule has 1 unspecified atom stereocenters. The Hall–Kier alpha value is -1.81. The van der Waals surface area contributed by atoms with Gasteiger partial charge in [-0.15, -0.1) is 0 Å². The number of carbonyl (C=O) groups excluding carboxylic acids is 1. The first kappa shape index (κ1) is 10.9. The maximum atomic E-state index is 11.8. The minimum Gasteiger partial charge on any atom is -0.454 e. The predicted molar refractivity (Wildman–Crippen MR) is 71.8 cm³/mol. The molecule has 1 fully saturated rings. The molecule has 1 aliphatic carbocycles. The molecule has 5 rings (SSSR count). The number of rotatable bonds is 0. The number of carbonyl (C=O) groups is 1. The van der Waals surface area contributed by atoms with Gasteiger partial charge < -0.3 is 9.47 Å². The van der Waals surface area contributed by atoms with Crippen LogP contribution < -0.4 is 9.47 Å². The summed E-state index contributed by atoms with van der Waals surface area (Å²) in [5.74, 6) is 2.36. The van der Waals surface area contributed by atoms with E-state index in [0.29, 0.717) is 25.2 Å². The lowest BCUT2D eigenvalue weighted by Crippen LogP contribution is -2.32. The molecule has 1 aromatic rings. The smallest absolute Gasteiger partial charge is 0.231 e. The summed E-state index contributed by atoms with van der Waals surface area (Å²) in [5, 5.41) is 0. The number of ketones is 1. The standard InChI is InChI=1S/C16H15NO3/c18-10-1-2-14-12(4-10)13-7-17(14)6-9-3-15-16(5-11(9)13)20-8-19-15/h3-5,13-14H,1-2,6-8H2/t13-,14-/m0/s1. The van der Waals surface area contributed by atoms with Crippen LogP contribution in [0.1, 0.15) is 29.9 Å². The molecule has 3 aliphatic heterocycles. The molecule has 0 spiro atoms. The lowest BCUT2D eigenvalue weighted by Gasteiger charge is -2.28. The molecule has 0 aromatic heterocycles. The van der Waals surface area contributed by atoms with Crippen molar-refractivity contribution in [3.8, 4) is 11.5 Å². The van der Waals surface area contributed by atoms with Crippen molar-refractivity contribution >= 4 is 5.78 Å². The van der Waals surface area contributed by atoms with Crippen molar-refractivity contribution in [3.05, 3.63) is 34.9 Å². The van der Waals surface area contributed by atoms with Crippen LogP contribution in [0.4, 0.5) is 0 Å². The monoisotopic (exact) mass is 269 g/mol. The molecule has 3 atom stereocenters. The van der Waals surface area contributed by atoms with Crippen molar-refractivity contribution in [2.75, 3.05) is 13.3 Å². The van der Waals surface area contributed by atoms with E-state index in [1.165, 1.54) is 16.7 Å². The van der Waals surface area contributed by atoms with Crippen molar-refractivity contribution < 1.29 is 14.3 Å². The molecule has 4 heteroatoms. The fourth-order valence-electron chi connectivity index (χ4n) is 4.13. The van der Waals surface area contributed by atoms with E-state index in [9.17, 15) is 4.79 Å². The average molecular weight is 269 g/mol. The predicted octanol–water partition coefficient (Wildman–Crippen LogP) is 1.99. The van der Waals surface area contributed by atoms with Crippen molar-refractivity contribution in [2.24, 2.45) is 0 Å². The zero-order valence-electron chi connectivity index (χ0n) is 11.1. The quantitative estimate of drug-likeness (QED) is 0.722. The Morgan fingerprint density at radius 3 is 2.95 bits per heavy atom. The largest absolute Gasteiger partial charge is 0.454 e. The van der Waals surface area contributed by atoms with E-state index < -0.39 is 0 Å². The molecular weight excluding hydrogens is 254 g/mol. The van der Waals surface area contributed by atoms with E-state index >= 15 is 0 Å². The van der Waals surface area contributed by atoms with E-state index in [1.54, 1.807) is 0 Å². The molecule has 0 N–H and O–H groups in total. The highest BCUT2D eigenvalue weighted by molar-refractivity contribution is 5.92. The molecule has 102 valence electrons. The molecule has 3 heterocycles. The van der Waals surface area contributed by atoms with Crippen LogP contribution in [0.5, 0.6) is 11.5 Å². The molecule has 0 amide bonds. The number of hydrogen-bond donors (Lipinski definition) is 0. The van der Waals surface area contributed by atoms with E-state index in [-0.39, 0.29) is 5.78 Å². The van der Waals surface area contributed by atoms with Crippen LogP contribution in [-0.2, 0) is 11.3 Å². The summed E-state index contributed by atoms with van der Waals surface area (Å²) >= 11 is 0. The molecule has 4 aliphatic rings. The van der Waals surface area contributed by atoms with Gasteiger partial charge in [-0.1, -0.05) is 0 Å². The Balaban J connectivity index is 1.67. The summed E-state index contributed by atoms with van der Waals surface area (Å²) in [4.78, 5) is 14.3. The summed E-state index contributed by atoms with van der Waals surface area (Å²) in [6, 6.07) is 4.71. The van der Waals surface area contributed by atoms with Crippen molar-refractivity contribution in [1.82, 2.24) is 4.90 Å². The number of nitrogens with zero attached hydrogens (tertiary/aromatic N) is 1. The van der Waals surface area contributed by atoms with Gasteiger partial charge >= 0.3 is 0 Å². The van der Waals surface area contributed by atoms with Gasteiger partial charge in [0.15, 0.2) is 17.3 Å². The zero-order valence-corrected chi connectivity index (χ0v) is 11.1. The Morgan fingerprint density at radius 1 is 1.20 bits per heavy atom. The van der Waals surface area contributed by atoms with Crippen LogP contribution >= 0.6 is 0 Å². The second-order valence-corrected chi connectivity index (χ2v) is 6.05. The van der Waals surface area contributed by atoms with Crippen LogP contribution in [0, 0.1) is 0 Å². The zero-order chi connectivity index (χ0) is 13.3. The third-order valence-electron chi connectivity index (χ3n) is 5.02. The lowest BCUT2D eigenvalue weighted by atomic mass is 9.83. The summed E-state index contributed by atoms with van der Waals surface area (Å²) in [7, 11) is 0. The Kier molecular flexibility index (Phi) is 1.99. The third kappa shape index (κ3) is 1.32. The van der Waals surface area contributed by atoms with Crippen LogP contribution in [0.3, 0.4) is 0 Å². The Bertz CT molecular complexity index is 664. The first-order valence-electron chi connectivity index (χ1n) is 7.20. The van der Waals surface area contributed by atoms with Crippen LogP contribution in [0.2, 0.25) is 0 Å². The van der Waals surface area contributed by atoms with Crippen LogP contribution in [0.15, 0.2) is 23.8 Å². The Morgan fingerprint density at radius 2 is 2.05 bits per heavy atom. The number of ether oxygens (including phenoxy) is 2. The van der Waals surface area contributed by atoms with Crippen molar-refractivity contribution in [1.29, 1.82) is 0 Å². The lowest BCUT2D eigenvalue weighted by molar-refractivity contribution is -0.115. The minimum atomic E-state index is 0.285. The second kappa shape index (κ2) is 3.64. The van der Waals surface area contributed by atoms with Gasteiger partial charge in [0.1, 0.15) is 0 Å². The molecule has 1 aromatic carbocycles. The summed E-state index contributed by atoms with van der Waals surface area (Å²) in [6.45, 7) is 2.31. The number of fused-ring (bicyclic) bond motifs is 8. The van der Waals surface area contributed by atoms with Gasteiger partial charge in [0.05, 0.1) is 0 Å². The van der Waals surface area contributed by atoms with E-state index in [2.05, 4.69) is 17.0 Å². The van der Waals surface area contributed by atoms with Crippen LogP contribution in [-0.4, -0.2) is 30.1 Å². The number of allylic oxidation sites excluding steroid dienone is 1. The molecule has 2 bridgehead atoms. The molecule has 20 heavy (non-hydrogen) atoms. The van der Waals surface area contributed by atoms with Gasteiger partial charge in [-0.05, 0) is 41.3 Å². The summed E-state index contributed by atoms with van der Waals surface area (Å²) < 4.78 is 11.0. The molecular formula is C16H15NO3. The topological polar surface area (TPSA) is 38.8 Å². The summed E-state index contributed by atoms with van der Waals surface area (Å²) in [6.07, 6.45) is 3.57. The van der Waals surface area contributed by atoms with E-state index in [4.69, 9.17) is 9.47 Å². The fraction of sp³-hybridized carbons (Fsp3) is 0.438. The van der Waals surface area contributed by atoms with Crippen LogP contribution in [0.25, 0.3) is 0 Å². The fourth-order valence-corrected chi connectivity index (χ4v) is 4.13. The highest BCUT2D eigenvalue weighted by Gasteiger charge is 2.44. The number of hydrogen-bond acceptors (Lipinski definition) is 4. The second-order valence-electron chi connectivity index (χ2n) is 6.05. The highest BCUT2D eigenvalue weighted by Crippen LogP contribution is 2.49. The Labute approximate surface area is 117 Å². The molecule has 4 nitrogen and oxygen atoms in total. The summed E-state index contributed by atoms with van der Waals surface area (Å²) in [5.41, 5.74) is 3.97. The maximum absolute atomic E-state index is 11.8. The maximum Gasteiger partial charge on any atom is 0.231 e. The van der Waals surface area contributed by atoms with Gasteiger partial charge in [0.25, 0.3) is 0 Å². The van der Waals surface area contributed by atoms with Gasteiger partial charge in [-0.2, -0.15) is 0 Å². The molecule has 0 saturated carbocycles. The SMILES string of the molecule is O=C1C=C2[C@H]3CN(Cc4cc5c(cc43)OCO5)[C@H]2CC1. The van der Waals surface area contributed by atoms with E-state index in [0.717, 1.165) is 31.0 Å². The minimum absolute atomic E-state index is 0.285. The molecule has 0 radical (unpaired) electrons. The third-order valence-corrected chi connectivity index (χ3v) is 5.02. The average Bonchev–Trinajstić information content (AvgIpc) is 3.00. The van der Waals surface area contributed by atoms with Gasteiger partial charge in [0.2, 0.25) is 6.79 Å². The normalized spacial score (nSPS) is 32.7. The first-order valence-corrected chi connectivity index (χ1v) is 7.20. The van der Waals surface area contributed by atoms with Crippen molar-refractivity contribution in [2.45, 2.75) is 31.3 Å². The number of benzene rings is 1. The van der Waals surface area contributed by atoms with Gasteiger partial charge in [-0.25, -0.2) is 0 Å². The van der Waals surface area contributed by atoms with Gasteiger partial charge in [-0.3, -0.25) is 9.69 Å². The molecule has 1 saturated heterocycles. The van der Waals surface area contributed by atoms with E-state index in [1.807, 2.05) is 6.08 Å². The van der Waals surface area contributed by atoms with Gasteiger partial charge in [0, 0.05) is 31.5 Å². The highest BCUT2D eigenvalue weighted by atomic mass is 16.7.